The van der Waals surface area contributed by atoms with Crippen LogP contribution in [-0.2, 0) is 20.1 Å². The first-order valence-corrected chi connectivity index (χ1v) is 10.9. The van der Waals surface area contributed by atoms with E-state index in [0.29, 0.717) is 13.1 Å². The van der Waals surface area contributed by atoms with E-state index >= 15 is 0 Å². The van der Waals surface area contributed by atoms with E-state index in [4.69, 9.17) is 14.5 Å². The molecule has 0 radical (unpaired) electrons. The number of aryl methyl sites for hydroxylation is 2. The molecule has 172 valence electrons. The number of rotatable bonds is 8. The topological polar surface area (TPSA) is 72.7 Å². The maximum atomic E-state index is 6.34. The second-order valence-corrected chi connectivity index (χ2v) is 7.79. The van der Waals surface area contributed by atoms with Crippen LogP contribution in [0.4, 0.5) is 0 Å². The van der Waals surface area contributed by atoms with Gasteiger partial charge in [-0.1, -0.05) is 12.1 Å². The number of hydrogen-bond acceptors (Lipinski definition) is 4. The molecule has 1 aromatic heterocycles. The molecule has 0 aliphatic heterocycles. The van der Waals surface area contributed by atoms with Crippen molar-refractivity contribution in [3.63, 3.8) is 0 Å². The number of ether oxygens (including phenoxy) is 2. The fourth-order valence-electron chi connectivity index (χ4n) is 3.90. The number of hydrogen-bond donors (Lipinski definition) is 2. The highest BCUT2D eigenvalue weighted by atomic mass is 127. The van der Waals surface area contributed by atoms with Crippen LogP contribution in [0.5, 0.6) is 11.5 Å². The summed E-state index contributed by atoms with van der Waals surface area (Å²) in [5, 5.41) is 11.3. The summed E-state index contributed by atoms with van der Waals surface area (Å²) in [7, 11) is 3.66. The first-order chi connectivity index (χ1) is 14.5. The molecule has 0 bridgehead atoms. The van der Waals surface area contributed by atoms with Crippen LogP contribution in [0, 0.1) is 13.8 Å². The Bertz CT molecular complexity index is 875. The molecule has 3 rings (SSSR count). The molecule has 2 N–H and O–H groups in total. The summed E-state index contributed by atoms with van der Waals surface area (Å²) in [5.74, 6) is 2.37. The Morgan fingerprint density at radius 3 is 2.58 bits per heavy atom. The first kappa shape index (κ1) is 25.3. The zero-order chi connectivity index (χ0) is 21.5. The molecule has 1 heterocycles. The van der Waals surface area contributed by atoms with Crippen molar-refractivity contribution in [3.8, 4) is 11.5 Å². The van der Waals surface area contributed by atoms with Gasteiger partial charge in [-0.15, -0.1) is 24.0 Å². The molecule has 1 saturated carbocycles. The van der Waals surface area contributed by atoms with Crippen molar-refractivity contribution in [1.29, 1.82) is 0 Å². The van der Waals surface area contributed by atoms with Gasteiger partial charge in [-0.3, -0.25) is 4.68 Å². The summed E-state index contributed by atoms with van der Waals surface area (Å²) in [5.41, 5.74) is 4.44. The second-order valence-electron chi connectivity index (χ2n) is 7.79. The highest BCUT2D eigenvalue weighted by Gasteiger charge is 2.20. The van der Waals surface area contributed by atoms with Crippen molar-refractivity contribution in [2.24, 2.45) is 12.0 Å². The van der Waals surface area contributed by atoms with E-state index in [-0.39, 0.29) is 30.1 Å². The minimum atomic E-state index is 0. The molecule has 1 aromatic carbocycles. The highest BCUT2D eigenvalue weighted by molar-refractivity contribution is 14.0. The lowest BCUT2D eigenvalue weighted by Crippen LogP contribution is -2.37. The highest BCUT2D eigenvalue weighted by Crippen LogP contribution is 2.35. The molecule has 1 fully saturated rings. The Balaban J connectivity index is 0.00000341. The fraction of sp³-hybridized carbons (Fsp3) is 0.565. The maximum absolute atomic E-state index is 6.34. The number of guanidine groups is 1. The summed E-state index contributed by atoms with van der Waals surface area (Å²) >= 11 is 0. The number of aromatic nitrogens is 2. The number of nitrogens with one attached hydrogen (secondary N) is 2. The van der Waals surface area contributed by atoms with Crippen LogP contribution in [0.2, 0.25) is 0 Å². The summed E-state index contributed by atoms with van der Waals surface area (Å²) in [6, 6.07) is 6.01. The van der Waals surface area contributed by atoms with Crippen LogP contribution < -0.4 is 20.1 Å². The number of para-hydroxylation sites is 1. The Kier molecular flexibility index (Phi) is 9.93. The third kappa shape index (κ3) is 6.51. The van der Waals surface area contributed by atoms with E-state index in [1.165, 1.54) is 18.4 Å². The molecule has 2 aromatic rings. The predicted molar refractivity (Wildman–Crippen MR) is 136 cm³/mol. The molecule has 7 nitrogen and oxygen atoms in total. The quantitative estimate of drug-likeness (QED) is 0.297. The molecule has 0 amide bonds. The second kappa shape index (κ2) is 12.2. The molecule has 1 aliphatic carbocycles. The van der Waals surface area contributed by atoms with Crippen LogP contribution in [-0.4, -0.2) is 35.5 Å². The molecular formula is C23H36IN5O2. The standard InChI is InChI=1S/C23H35N5O2.HI/c1-6-24-23(26-15-20-16(2)27-28(4)17(20)3)25-14-18-10-9-13-21(29-5)22(18)30-19-11-7-8-12-19;/h9-10,13,19H,6-8,11-12,14-15H2,1-5H3,(H2,24,25,26);1H. The lowest BCUT2D eigenvalue weighted by molar-refractivity contribution is 0.198. The molecule has 0 unspecified atom stereocenters. The third-order valence-electron chi connectivity index (χ3n) is 5.71. The Labute approximate surface area is 203 Å². The van der Waals surface area contributed by atoms with Gasteiger partial charge in [-0.25, -0.2) is 4.99 Å². The normalized spacial score (nSPS) is 14.3. The Morgan fingerprint density at radius 1 is 1.23 bits per heavy atom. The number of aliphatic imine (C=N–C) groups is 1. The van der Waals surface area contributed by atoms with E-state index in [1.807, 2.05) is 30.8 Å². The summed E-state index contributed by atoms with van der Waals surface area (Å²) in [6.45, 7) is 8.18. The lowest BCUT2D eigenvalue weighted by Gasteiger charge is -2.19. The monoisotopic (exact) mass is 541 g/mol. The SMILES string of the molecule is CCNC(=NCc1cccc(OC)c1OC1CCCC1)NCc1c(C)nn(C)c1C.I. The Morgan fingerprint density at radius 2 is 1.97 bits per heavy atom. The number of halogens is 1. The van der Waals surface area contributed by atoms with E-state index in [0.717, 1.165) is 53.8 Å². The van der Waals surface area contributed by atoms with Gasteiger partial charge in [0.2, 0.25) is 0 Å². The minimum Gasteiger partial charge on any atom is -0.493 e. The van der Waals surface area contributed by atoms with Crippen molar-refractivity contribution in [2.45, 2.75) is 65.6 Å². The largest absolute Gasteiger partial charge is 0.493 e. The summed E-state index contributed by atoms with van der Waals surface area (Å²) < 4.78 is 13.8. The van der Waals surface area contributed by atoms with Gasteiger partial charge in [0.15, 0.2) is 17.5 Å². The van der Waals surface area contributed by atoms with Gasteiger partial charge >= 0.3 is 0 Å². The van der Waals surface area contributed by atoms with E-state index < -0.39 is 0 Å². The van der Waals surface area contributed by atoms with Gasteiger partial charge in [0.1, 0.15) is 0 Å². The third-order valence-corrected chi connectivity index (χ3v) is 5.71. The van der Waals surface area contributed by atoms with Crippen LogP contribution in [0.3, 0.4) is 0 Å². The van der Waals surface area contributed by atoms with Crippen molar-refractivity contribution >= 4 is 29.9 Å². The van der Waals surface area contributed by atoms with Crippen LogP contribution >= 0.6 is 24.0 Å². The van der Waals surface area contributed by atoms with Gasteiger partial charge < -0.3 is 20.1 Å². The predicted octanol–water partition coefficient (Wildman–Crippen LogP) is 4.24. The fourth-order valence-corrected chi connectivity index (χ4v) is 3.90. The van der Waals surface area contributed by atoms with Gasteiger partial charge in [-0.2, -0.15) is 5.10 Å². The molecular weight excluding hydrogens is 505 g/mol. The zero-order valence-corrected chi connectivity index (χ0v) is 21.7. The maximum Gasteiger partial charge on any atom is 0.191 e. The van der Waals surface area contributed by atoms with E-state index in [2.05, 4.69) is 35.6 Å². The number of methoxy groups -OCH3 is 1. The van der Waals surface area contributed by atoms with E-state index in [9.17, 15) is 0 Å². The van der Waals surface area contributed by atoms with Crippen LogP contribution in [0.15, 0.2) is 23.2 Å². The van der Waals surface area contributed by atoms with Crippen molar-refractivity contribution in [1.82, 2.24) is 20.4 Å². The Hall–Kier alpha value is -1.97. The average Bonchev–Trinajstić information content (AvgIpc) is 3.33. The van der Waals surface area contributed by atoms with Gasteiger partial charge in [0.05, 0.1) is 25.5 Å². The number of benzene rings is 1. The summed E-state index contributed by atoms with van der Waals surface area (Å²) in [4.78, 5) is 4.81. The van der Waals surface area contributed by atoms with Gasteiger partial charge in [0.25, 0.3) is 0 Å². The first-order valence-electron chi connectivity index (χ1n) is 10.9. The van der Waals surface area contributed by atoms with Crippen molar-refractivity contribution in [3.05, 3.63) is 40.7 Å². The van der Waals surface area contributed by atoms with Gasteiger partial charge in [-0.05, 0) is 52.5 Å². The minimum absolute atomic E-state index is 0. The van der Waals surface area contributed by atoms with E-state index in [1.54, 1.807) is 7.11 Å². The number of nitrogens with zero attached hydrogens (tertiary/aromatic N) is 3. The van der Waals surface area contributed by atoms with Gasteiger partial charge in [0, 0.05) is 37.0 Å². The van der Waals surface area contributed by atoms with Crippen molar-refractivity contribution < 1.29 is 9.47 Å². The van der Waals surface area contributed by atoms with Crippen molar-refractivity contribution in [2.75, 3.05) is 13.7 Å². The molecule has 0 atom stereocenters. The average molecular weight is 541 g/mol. The van der Waals surface area contributed by atoms with Crippen LogP contribution in [0.1, 0.15) is 55.1 Å². The molecule has 0 spiro atoms. The molecule has 0 saturated heterocycles. The molecule has 8 heteroatoms. The molecule has 31 heavy (non-hydrogen) atoms. The van der Waals surface area contributed by atoms with Crippen LogP contribution in [0.25, 0.3) is 0 Å². The zero-order valence-electron chi connectivity index (χ0n) is 19.3. The lowest BCUT2D eigenvalue weighted by atomic mass is 10.1. The smallest absolute Gasteiger partial charge is 0.191 e. The molecule has 1 aliphatic rings. The summed E-state index contributed by atoms with van der Waals surface area (Å²) in [6.07, 6.45) is 4.94.